The lowest BCUT2D eigenvalue weighted by Crippen LogP contribution is -2.36. The molecule has 5 heteroatoms. The molecule has 0 atom stereocenters. The van der Waals surface area contributed by atoms with E-state index in [4.69, 9.17) is 0 Å². The van der Waals surface area contributed by atoms with Gasteiger partial charge in [-0.05, 0) is 62.7 Å². The number of nitrogens with zero attached hydrogens (tertiary/aromatic N) is 3. The molecule has 128 valence electrons. The van der Waals surface area contributed by atoms with Gasteiger partial charge in [-0.25, -0.2) is 0 Å². The summed E-state index contributed by atoms with van der Waals surface area (Å²) in [5.74, 6) is 1.70. The SMILES string of the molecule is CC(C)n1cnnc1CC(=O)NCCC12CCC(CC1)C2(C)C. The number of fused-ring (bicyclic) bond motifs is 2. The third-order valence-electron chi connectivity index (χ3n) is 6.78. The van der Waals surface area contributed by atoms with E-state index >= 15 is 0 Å². The van der Waals surface area contributed by atoms with Gasteiger partial charge in [0.25, 0.3) is 0 Å². The minimum absolute atomic E-state index is 0.0571. The first-order chi connectivity index (χ1) is 10.9. The highest BCUT2D eigenvalue weighted by molar-refractivity contribution is 5.77. The Bertz CT molecular complexity index is 567. The predicted octanol–water partition coefficient (Wildman–Crippen LogP) is 3.12. The highest BCUT2D eigenvalue weighted by atomic mass is 16.1. The fourth-order valence-corrected chi connectivity index (χ4v) is 5.01. The lowest BCUT2D eigenvalue weighted by atomic mass is 9.67. The molecular formula is C18H30N4O. The monoisotopic (exact) mass is 318 g/mol. The van der Waals surface area contributed by atoms with Crippen molar-refractivity contribution in [1.29, 1.82) is 0 Å². The first-order valence-corrected chi connectivity index (χ1v) is 9.01. The Morgan fingerprint density at radius 1 is 1.39 bits per heavy atom. The van der Waals surface area contributed by atoms with Crippen molar-refractivity contribution in [2.75, 3.05) is 6.54 Å². The zero-order valence-electron chi connectivity index (χ0n) is 14.9. The van der Waals surface area contributed by atoms with Gasteiger partial charge in [-0.2, -0.15) is 0 Å². The second-order valence-corrected chi connectivity index (χ2v) is 8.30. The summed E-state index contributed by atoms with van der Waals surface area (Å²) >= 11 is 0. The van der Waals surface area contributed by atoms with Crippen LogP contribution >= 0.6 is 0 Å². The van der Waals surface area contributed by atoms with E-state index in [1.54, 1.807) is 6.33 Å². The number of nitrogens with one attached hydrogen (secondary N) is 1. The van der Waals surface area contributed by atoms with Gasteiger partial charge in [-0.15, -0.1) is 10.2 Å². The van der Waals surface area contributed by atoms with E-state index in [1.165, 1.54) is 25.7 Å². The molecule has 2 aliphatic carbocycles. The van der Waals surface area contributed by atoms with E-state index in [9.17, 15) is 4.79 Å². The zero-order valence-corrected chi connectivity index (χ0v) is 14.9. The Kier molecular flexibility index (Phi) is 4.23. The molecule has 0 saturated heterocycles. The molecule has 0 aliphatic heterocycles. The fourth-order valence-electron chi connectivity index (χ4n) is 5.01. The third-order valence-corrected chi connectivity index (χ3v) is 6.78. The van der Waals surface area contributed by atoms with E-state index in [2.05, 4.69) is 43.2 Å². The Morgan fingerprint density at radius 2 is 2.09 bits per heavy atom. The average Bonchev–Trinajstić information content (AvgIpc) is 3.10. The van der Waals surface area contributed by atoms with Crippen molar-refractivity contribution in [3.63, 3.8) is 0 Å². The van der Waals surface area contributed by atoms with Crippen LogP contribution in [0, 0.1) is 16.7 Å². The van der Waals surface area contributed by atoms with Crippen molar-refractivity contribution in [2.24, 2.45) is 16.7 Å². The van der Waals surface area contributed by atoms with Crippen LogP contribution in [0.15, 0.2) is 6.33 Å². The van der Waals surface area contributed by atoms with Gasteiger partial charge >= 0.3 is 0 Å². The maximum atomic E-state index is 12.2. The molecule has 1 aromatic heterocycles. The number of carbonyl (C=O) groups excluding carboxylic acids is 1. The number of rotatable bonds is 6. The Morgan fingerprint density at radius 3 is 2.65 bits per heavy atom. The summed E-state index contributed by atoms with van der Waals surface area (Å²) in [6, 6.07) is 0.279. The van der Waals surface area contributed by atoms with Crippen LogP contribution in [0.1, 0.15) is 71.7 Å². The summed E-state index contributed by atoms with van der Waals surface area (Å²) < 4.78 is 1.96. The summed E-state index contributed by atoms with van der Waals surface area (Å²) in [4.78, 5) is 12.2. The van der Waals surface area contributed by atoms with E-state index < -0.39 is 0 Å². The smallest absolute Gasteiger partial charge is 0.227 e. The molecule has 2 saturated carbocycles. The summed E-state index contributed by atoms with van der Waals surface area (Å²) in [5, 5.41) is 11.1. The summed E-state index contributed by atoms with van der Waals surface area (Å²) in [6.07, 6.45) is 8.55. The first-order valence-electron chi connectivity index (χ1n) is 9.01. The molecule has 0 unspecified atom stereocenters. The quantitative estimate of drug-likeness (QED) is 0.876. The molecule has 2 fully saturated rings. The molecule has 1 N–H and O–H groups in total. The first kappa shape index (κ1) is 16.5. The maximum absolute atomic E-state index is 12.2. The second-order valence-electron chi connectivity index (χ2n) is 8.30. The molecule has 1 aromatic rings. The summed E-state index contributed by atoms with van der Waals surface area (Å²) in [5.41, 5.74) is 0.887. The van der Waals surface area contributed by atoms with Crippen molar-refractivity contribution in [1.82, 2.24) is 20.1 Å². The lowest BCUT2D eigenvalue weighted by molar-refractivity contribution is -0.120. The standard InChI is InChI=1S/C18H30N4O/c1-13(2)22-12-20-21-15(22)11-16(23)19-10-9-18-7-5-14(6-8-18)17(18,3)4/h12-14H,5-11H2,1-4H3,(H,19,23). The number of hydrogen-bond donors (Lipinski definition) is 1. The van der Waals surface area contributed by atoms with Crippen molar-refractivity contribution in [3.8, 4) is 0 Å². The van der Waals surface area contributed by atoms with Gasteiger partial charge in [0.05, 0.1) is 6.42 Å². The van der Waals surface area contributed by atoms with Gasteiger partial charge in [0.1, 0.15) is 12.2 Å². The Labute approximate surface area is 139 Å². The third kappa shape index (κ3) is 2.79. The zero-order chi connectivity index (χ0) is 16.7. The van der Waals surface area contributed by atoms with E-state index in [-0.39, 0.29) is 11.9 Å². The van der Waals surface area contributed by atoms with Gasteiger partial charge in [-0.1, -0.05) is 13.8 Å². The van der Waals surface area contributed by atoms with E-state index in [0.717, 1.165) is 24.7 Å². The normalized spacial score (nSPS) is 28.5. The number of amides is 1. The minimum Gasteiger partial charge on any atom is -0.356 e. The van der Waals surface area contributed by atoms with E-state index in [1.807, 2.05) is 4.57 Å². The molecule has 23 heavy (non-hydrogen) atoms. The molecule has 2 aliphatic rings. The molecule has 0 spiro atoms. The minimum atomic E-state index is 0.0571. The second kappa shape index (κ2) is 5.91. The van der Waals surface area contributed by atoms with Crippen LogP contribution < -0.4 is 5.32 Å². The molecule has 1 amide bonds. The van der Waals surface area contributed by atoms with Crippen LogP contribution in [0.2, 0.25) is 0 Å². The fraction of sp³-hybridized carbons (Fsp3) is 0.833. The van der Waals surface area contributed by atoms with Gasteiger partial charge in [0.2, 0.25) is 5.91 Å². The molecule has 1 heterocycles. The van der Waals surface area contributed by atoms with Gasteiger partial charge < -0.3 is 9.88 Å². The lowest BCUT2D eigenvalue weighted by Gasteiger charge is -2.38. The highest BCUT2D eigenvalue weighted by Crippen LogP contribution is 2.67. The van der Waals surface area contributed by atoms with Crippen molar-refractivity contribution >= 4 is 5.91 Å². The van der Waals surface area contributed by atoms with Crippen LogP contribution in [0.4, 0.5) is 0 Å². The molecule has 5 nitrogen and oxygen atoms in total. The Hall–Kier alpha value is -1.39. The number of aromatic nitrogens is 3. The predicted molar refractivity (Wildman–Crippen MR) is 89.9 cm³/mol. The maximum Gasteiger partial charge on any atom is 0.227 e. The van der Waals surface area contributed by atoms with Gasteiger partial charge in [0.15, 0.2) is 0 Å². The number of hydrogen-bond acceptors (Lipinski definition) is 3. The molecule has 2 bridgehead atoms. The van der Waals surface area contributed by atoms with Crippen LogP contribution in [-0.4, -0.2) is 27.2 Å². The van der Waals surface area contributed by atoms with Crippen molar-refractivity contribution < 1.29 is 4.79 Å². The molecule has 0 aromatic carbocycles. The summed E-state index contributed by atoms with van der Waals surface area (Å²) in [7, 11) is 0. The van der Waals surface area contributed by atoms with Gasteiger partial charge in [0, 0.05) is 12.6 Å². The topological polar surface area (TPSA) is 59.8 Å². The van der Waals surface area contributed by atoms with Crippen LogP contribution in [0.5, 0.6) is 0 Å². The van der Waals surface area contributed by atoms with Crippen molar-refractivity contribution in [3.05, 3.63) is 12.2 Å². The van der Waals surface area contributed by atoms with Crippen LogP contribution in [0.3, 0.4) is 0 Å². The number of carbonyl (C=O) groups is 1. The largest absolute Gasteiger partial charge is 0.356 e. The Balaban J connectivity index is 1.51. The molecule has 3 rings (SSSR count). The molecule has 0 radical (unpaired) electrons. The van der Waals surface area contributed by atoms with Crippen LogP contribution in [-0.2, 0) is 11.2 Å². The van der Waals surface area contributed by atoms with Gasteiger partial charge in [-0.3, -0.25) is 4.79 Å². The average molecular weight is 318 g/mol. The van der Waals surface area contributed by atoms with Crippen molar-refractivity contribution in [2.45, 2.75) is 72.3 Å². The molecular weight excluding hydrogens is 288 g/mol. The van der Waals surface area contributed by atoms with Crippen LogP contribution in [0.25, 0.3) is 0 Å². The highest BCUT2D eigenvalue weighted by Gasteiger charge is 2.57. The summed E-state index contributed by atoms with van der Waals surface area (Å²) in [6.45, 7) is 9.80. The van der Waals surface area contributed by atoms with E-state index in [0.29, 0.717) is 17.3 Å².